The first-order valence-corrected chi connectivity index (χ1v) is 10.5. The van der Waals surface area contributed by atoms with Crippen LogP contribution in [0.1, 0.15) is 13.8 Å². The van der Waals surface area contributed by atoms with Gasteiger partial charge in [-0.1, -0.05) is 29.9 Å². The Hall–Kier alpha value is -1.51. The Morgan fingerprint density at radius 3 is 2.71 bits per heavy atom. The molecule has 0 radical (unpaired) electrons. The van der Waals surface area contributed by atoms with E-state index in [1.165, 1.54) is 16.2 Å². The predicted octanol–water partition coefficient (Wildman–Crippen LogP) is 2.89. The van der Waals surface area contributed by atoms with Gasteiger partial charge in [0.15, 0.2) is 5.15 Å². The lowest BCUT2D eigenvalue weighted by Crippen LogP contribution is -2.37. The van der Waals surface area contributed by atoms with Gasteiger partial charge in [0, 0.05) is 36.7 Å². The van der Waals surface area contributed by atoms with Gasteiger partial charge in [-0.2, -0.15) is 0 Å². The Bertz CT molecular complexity index is 822. The van der Waals surface area contributed by atoms with Crippen molar-refractivity contribution in [3.05, 3.63) is 29.7 Å². The predicted molar refractivity (Wildman–Crippen MR) is 97.3 cm³/mol. The average molecular weight is 388 g/mol. The van der Waals surface area contributed by atoms with Gasteiger partial charge in [-0.15, -0.1) is 0 Å². The van der Waals surface area contributed by atoms with E-state index in [2.05, 4.69) is 9.97 Å². The third-order valence-corrected chi connectivity index (χ3v) is 5.89. The Morgan fingerprint density at radius 1 is 1.46 bits per heavy atom. The van der Waals surface area contributed by atoms with Crippen molar-refractivity contribution in [2.45, 2.75) is 13.8 Å². The summed E-state index contributed by atoms with van der Waals surface area (Å²) in [7, 11) is -3.24. The molecule has 1 atom stereocenters. The summed E-state index contributed by atoms with van der Waals surface area (Å²) < 4.78 is 22.9. The number of anilines is 1. The molecule has 0 bridgehead atoms. The van der Waals surface area contributed by atoms with Crippen LogP contribution in [0.5, 0.6) is 0 Å². The van der Waals surface area contributed by atoms with E-state index in [0.29, 0.717) is 16.6 Å². The van der Waals surface area contributed by atoms with Gasteiger partial charge in [-0.05, 0) is 19.1 Å². The molecule has 0 aromatic carbocycles. The molecule has 0 saturated carbocycles. The molecule has 0 aliphatic heterocycles. The number of sulfone groups is 1. The molecule has 9 heteroatoms. The highest BCUT2D eigenvalue weighted by molar-refractivity contribution is 7.90. The van der Waals surface area contributed by atoms with Crippen molar-refractivity contribution >= 4 is 43.7 Å². The molecule has 0 saturated heterocycles. The standard InChI is InChI=1S/C15H18ClN3O3S2/c1-4-19(14(20)10(2)9-24(3,21)22)15-12(16)18-13(23-15)11-6-5-7-17-8-11/h5-8,10H,4,9H2,1-3H3. The highest BCUT2D eigenvalue weighted by Gasteiger charge is 2.27. The monoisotopic (exact) mass is 387 g/mol. The molecule has 1 amide bonds. The summed E-state index contributed by atoms with van der Waals surface area (Å²) in [5.41, 5.74) is 0.809. The normalized spacial score (nSPS) is 12.8. The zero-order chi connectivity index (χ0) is 17.9. The number of nitrogens with zero attached hydrogens (tertiary/aromatic N) is 3. The largest absolute Gasteiger partial charge is 0.301 e. The minimum absolute atomic E-state index is 0.200. The first kappa shape index (κ1) is 18.8. The number of pyridine rings is 1. The first-order chi connectivity index (χ1) is 11.2. The maximum atomic E-state index is 12.6. The van der Waals surface area contributed by atoms with Gasteiger partial charge in [-0.3, -0.25) is 9.78 Å². The lowest BCUT2D eigenvalue weighted by molar-refractivity contribution is -0.121. The molecule has 0 aliphatic carbocycles. The second-order valence-electron chi connectivity index (χ2n) is 5.43. The van der Waals surface area contributed by atoms with Gasteiger partial charge in [0.2, 0.25) is 5.91 Å². The van der Waals surface area contributed by atoms with E-state index in [-0.39, 0.29) is 16.8 Å². The molecule has 2 heterocycles. The van der Waals surface area contributed by atoms with E-state index in [4.69, 9.17) is 11.6 Å². The highest BCUT2D eigenvalue weighted by atomic mass is 35.5. The van der Waals surface area contributed by atoms with Crippen molar-refractivity contribution in [1.82, 2.24) is 9.97 Å². The maximum absolute atomic E-state index is 12.6. The van der Waals surface area contributed by atoms with Crippen molar-refractivity contribution < 1.29 is 13.2 Å². The van der Waals surface area contributed by atoms with Crippen LogP contribution in [-0.4, -0.2) is 42.8 Å². The van der Waals surface area contributed by atoms with Crippen molar-refractivity contribution in [3.8, 4) is 10.6 Å². The summed E-state index contributed by atoms with van der Waals surface area (Å²) in [6, 6.07) is 3.65. The smallest absolute Gasteiger partial charge is 0.231 e. The van der Waals surface area contributed by atoms with E-state index in [9.17, 15) is 13.2 Å². The lowest BCUT2D eigenvalue weighted by atomic mass is 10.2. The number of hydrogen-bond donors (Lipinski definition) is 0. The van der Waals surface area contributed by atoms with Crippen molar-refractivity contribution in [1.29, 1.82) is 0 Å². The second-order valence-corrected chi connectivity index (χ2v) is 8.95. The van der Waals surface area contributed by atoms with Crippen molar-refractivity contribution in [2.24, 2.45) is 5.92 Å². The van der Waals surface area contributed by atoms with Crippen LogP contribution in [0.25, 0.3) is 10.6 Å². The molecule has 0 spiro atoms. The highest BCUT2D eigenvalue weighted by Crippen LogP contribution is 2.37. The molecule has 0 N–H and O–H groups in total. The average Bonchev–Trinajstić information content (AvgIpc) is 2.89. The summed E-state index contributed by atoms with van der Waals surface area (Å²) in [4.78, 5) is 22.4. The lowest BCUT2D eigenvalue weighted by Gasteiger charge is -2.22. The Balaban J connectivity index is 2.31. The quantitative estimate of drug-likeness (QED) is 0.761. The van der Waals surface area contributed by atoms with Gasteiger partial charge in [0.05, 0.1) is 5.75 Å². The molecule has 0 aliphatic rings. The number of amides is 1. The zero-order valence-electron chi connectivity index (χ0n) is 13.6. The molecule has 130 valence electrons. The van der Waals surface area contributed by atoms with Crippen LogP contribution >= 0.6 is 22.9 Å². The maximum Gasteiger partial charge on any atom is 0.231 e. The number of carbonyl (C=O) groups is 1. The fraction of sp³-hybridized carbons (Fsp3) is 0.400. The second kappa shape index (κ2) is 7.58. The molecule has 0 fully saturated rings. The Kier molecular flexibility index (Phi) is 5.95. The summed E-state index contributed by atoms with van der Waals surface area (Å²) in [5, 5.41) is 1.40. The van der Waals surface area contributed by atoms with Gasteiger partial charge in [0.25, 0.3) is 0 Å². The molecule has 2 aromatic rings. The minimum Gasteiger partial charge on any atom is -0.301 e. The Labute approximate surface area is 150 Å². The number of aromatic nitrogens is 2. The number of thiazole rings is 1. The SMILES string of the molecule is CCN(C(=O)C(C)CS(C)(=O)=O)c1sc(-c2cccnc2)nc1Cl. The molecule has 6 nitrogen and oxygen atoms in total. The van der Waals surface area contributed by atoms with Crippen molar-refractivity contribution in [3.63, 3.8) is 0 Å². The topological polar surface area (TPSA) is 80.2 Å². The third-order valence-electron chi connectivity index (χ3n) is 3.28. The van der Waals surface area contributed by atoms with Crippen LogP contribution in [0.3, 0.4) is 0 Å². The van der Waals surface area contributed by atoms with Gasteiger partial charge in [-0.25, -0.2) is 13.4 Å². The number of hydrogen-bond acceptors (Lipinski definition) is 6. The third kappa shape index (κ3) is 4.52. The fourth-order valence-electron chi connectivity index (χ4n) is 2.26. The van der Waals surface area contributed by atoms with Crippen LogP contribution in [-0.2, 0) is 14.6 Å². The van der Waals surface area contributed by atoms with Crippen LogP contribution in [0.2, 0.25) is 5.15 Å². The summed E-state index contributed by atoms with van der Waals surface area (Å²) in [6.45, 7) is 3.79. The first-order valence-electron chi connectivity index (χ1n) is 7.28. The van der Waals surface area contributed by atoms with Crippen LogP contribution in [0.4, 0.5) is 5.00 Å². The zero-order valence-corrected chi connectivity index (χ0v) is 16.0. The molecular formula is C15H18ClN3O3S2. The Morgan fingerprint density at radius 2 is 2.17 bits per heavy atom. The van der Waals surface area contributed by atoms with E-state index in [1.807, 2.05) is 13.0 Å². The van der Waals surface area contributed by atoms with E-state index in [0.717, 1.165) is 11.8 Å². The fourth-order valence-corrected chi connectivity index (χ4v) is 4.68. The molecule has 2 aromatic heterocycles. The summed E-state index contributed by atoms with van der Waals surface area (Å²) >= 11 is 7.50. The number of halogens is 1. The molecule has 24 heavy (non-hydrogen) atoms. The van der Waals surface area contributed by atoms with E-state index in [1.54, 1.807) is 25.4 Å². The van der Waals surface area contributed by atoms with E-state index >= 15 is 0 Å². The van der Waals surface area contributed by atoms with Crippen LogP contribution in [0, 0.1) is 5.92 Å². The van der Waals surface area contributed by atoms with Crippen LogP contribution in [0.15, 0.2) is 24.5 Å². The van der Waals surface area contributed by atoms with Gasteiger partial charge in [0.1, 0.15) is 19.8 Å². The van der Waals surface area contributed by atoms with Gasteiger partial charge >= 0.3 is 0 Å². The summed E-state index contributed by atoms with van der Waals surface area (Å²) in [6.07, 6.45) is 4.45. The number of carbonyl (C=O) groups excluding carboxylic acids is 1. The van der Waals surface area contributed by atoms with Crippen molar-refractivity contribution in [2.75, 3.05) is 23.5 Å². The van der Waals surface area contributed by atoms with E-state index < -0.39 is 15.8 Å². The molecule has 1 unspecified atom stereocenters. The molecular weight excluding hydrogens is 370 g/mol. The summed E-state index contributed by atoms with van der Waals surface area (Å²) in [5.74, 6) is -1.14. The van der Waals surface area contributed by atoms with Crippen LogP contribution < -0.4 is 4.90 Å². The minimum atomic E-state index is -3.24. The van der Waals surface area contributed by atoms with Gasteiger partial charge < -0.3 is 4.90 Å². The molecule has 2 rings (SSSR count). The number of rotatable bonds is 6.